The highest BCUT2D eigenvalue weighted by Crippen LogP contribution is 1.99. The van der Waals surface area contributed by atoms with Gasteiger partial charge in [0.05, 0.1) is 25.9 Å². The van der Waals surface area contributed by atoms with Crippen LogP contribution in [0, 0.1) is 0 Å². The fourth-order valence-electron chi connectivity index (χ4n) is 0.830. The monoisotopic (exact) mass is 238 g/mol. The van der Waals surface area contributed by atoms with E-state index in [9.17, 15) is 13.5 Å². The van der Waals surface area contributed by atoms with E-state index in [1.165, 1.54) is 6.08 Å². The van der Waals surface area contributed by atoms with Crippen molar-refractivity contribution in [2.45, 2.75) is 19.4 Å². The number of aliphatic hydroxyl groups is 1. The summed E-state index contributed by atoms with van der Waals surface area (Å²) in [5, 5.41) is 9.29. The summed E-state index contributed by atoms with van der Waals surface area (Å²) in [7, 11) is -3.64. The summed E-state index contributed by atoms with van der Waals surface area (Å²) in [5.74, 6) is -0.440. The van der Waals surface area contributed by atoms with E-state index < -0.39 is 22.0 Å². The summed E-state index contributed by atoms with van der Waals surface area (Å²) in [6.45, 7) is 5.61. The predicted molar refractivity (Wildman–Crippen MR) is 57.1 cm³/mol. The smallest absolute Gasteiger partial charge is 0.269 e. The molecule has 0 aromatic carbocycles. The third-order valence-corrected chi connectivity index (χ3v) is 2.73. The molecule has 1 atom stereocenters. The van der Waals surface area contributed by atoms with Gasteiger partial charge in [0.2, 0.25) is 0 Å². The Morgan fingerprint density at radius 3 is 2.73 bits per heavy atom. The predicted octanol–water partition coefficient (Wildman–Crippen LogP) is 0.306. The molecule has 0 radical (unpaired) electrons. The molecule has 6 heteroatoms. The van der Waals surface area contributed by atoms with Crippen LogP contribution in [0.5, 0.6) is 0 Å². The van der Waals surface area contributed by atoms with Gasteiger partial charge in [-0.25, -0.2) is 0 Å². The van der Waals surface area contributed by atoms with Crippen molar-refractivity contribution in [2.24, 2.45) is 0 Å². The Bertz CT molecular complexity index is 260. The lowest BCUT2D eigenvalue weighted by atomic mass is 10.4. The molecule has 90 valence electrons. The maximum absolute atomic E-state index is 11.2. The molecule has 0 aliphatic rings. The highest BCUT2D eigenvalue weighted by molar-refractivity contribution is 7.86. The molecular formula is C9H18O5S. The van der Waals surface area contributed by atoms with Crippen LogP contribution in [-0.2, 0) is 19.0 Å². The lowest BCUT2D eigenvalue weighted by Gasteiger charge is -2.10. The zero-order valence-corrected chi connectivity index (χ0v) is 9.70. The van der Waals surface area contributed by atoms with Crippen LogP contribution in [0.25, 0.3) is 0 Å². The van der Waals surface area contributed by atoms with Crippen molar-refractivity contribution in [1.82, 2.24) is 0 Å². The van der Waals surface area contributed by atoms with Gasteiger partial charge in [0.1, 0.15) is 5.75 Å². The Kier molecular flexibility index (Phi) is 7.59. The number of aliphatic hydroxyl groups excluding tert-OH is 1. The summed E-state index contributed by atoms with van der Waals surface area (Å²) >= 11 is 0. The quantitative estimate of drug-likeness (QED) is 0.355. The van der Waals surface area contributed by atoms with E-state index in [0.717, 1.165) is 0 Å². The molecule has 1 N–H and O–H groups in total. The molecule has 5 nitrogen and oxygen atoms in total. The van der Waals surface area contributed by atoms with Gasteiger partial charge in [-0.1, -0.05) is 13.0 Å². The largest absolute Gasteiger partial charge is 0.390 e. The molecule has 0 spiro atoms. The molecular weight excluding hydrogens is 220 g/mol. The normalized spacial score (nSPS) is 13.7. The van der Waals surface area contributed by atoms with Gasteiger partial charge >= 0.3 is 0 Å². The first kappa shape index (κ1) is 14.6. The molecule has 0 aromatic heterocycles. The molecule has 0 bridgehead atoms. The van der Waals surface area contributed by atoms with Gasteiger partial charge < -0.3 is 9.84 Å². The zero-order chi connectivity index (χ0) is 11.7. The number of rotatable bonds is 9. The molecule has 0 rings (SSSR count). The summed E-state index contributed by atoms with van der Waals surface area (Å²) in [6.07, 6.45) is 1.07. The fourth-order valence-corrected chi connectivity index (χ4v) is 1.91. The topological polar surface area (TPSA) is 72.8 Å². The van der Waals surface area contributed by atoms with Crippen molar-refractivity contribution in [3.8, 4) is 0 Å². The second-order valence-corrected chi connectivity index (χ2v) is 4.71. The van der Waals surface area contributed by atoms with E-state index in [1.807, 2.05) is 0 Å². The van der Waals surface area contributed by atoms with Crippen LogP contribution < -0.4 is 0 Å². The van der Waals surface area contributed by atoms with E-state index in [2.05, 4.69) is 10.8 Å². The minimum atomic E-state index is -3.64. The maximum atomic E-state index is 11.2. The second kappa shape index (κ2) is 7.81. The Balaban J connectivity index is 3.82. The maximum Gasteiger partial charge on any atom is 0.269 e. The van der Waals surface area contributed by atoms with Crippen LogP contribution in [-0.4, -0.2) is 45.2 Å². The van der Waals surface area contributed by atoms with Crippen LogP contribution in [0.4, 0.5) is 0 Å². The third kappa shape index (κ3) is 8.56. The average Bonchev–Trinajstić information content (AvgIpc) is 2.14. The standard InChI is InChI=1S/C9H18O5S/c1-3-5-13-7-9(10)8-15(11,12)14-6-4-2/h3,9-10H,1,4-8H2,2H3. The van der Waals surface area contributed by atoms with Crippen molar-refractivity contribution in [2.75, 3.05) is 25.6 Å². The van der Waals surface area contributed by atoms with Crippen LogP contribution in [0.1, 0.15) is 13.3 Å². The highest BCUT2D eigenvalue weighted by Gasteiger charge is 2.17. The fraction of sp³-hybridized carbons (Fsp3) is 0.778. The van der Waals surface area contributed by atoms with Gasteiger partial charge in [-0.2, -0.15) is 8.42 Å². The zero-order valence-electron chi connectivity index (χ0n) is 8.89. The summed E-state index contributed by atoms with van der Waals surface area (Å²) in [6, 6.07) is 0. The summed E-state index contributed by atoms with van der Waals surface area (Å²) in [4.78, 5) is 0. The molecule has 0 saturated heterocycles. The lowest BCUT2D eigenvalue weighted by molar-refractivity contribution is 0.0602. The van der Waals surface area contributed by atoms with Crippen molar-refractivity contribution in [3.05, 3.63) is 12.7 Å². The lowest BCUT2D eigenvalue weighted by Crippen LogP contribution is -2.27. The minimum Gasteiger partial charge on any atom is -0.390 e. The molecule has 0 heterocycles. The van der Waals surface area contributed by atoms with Crippen molar-refractivity contribution in [3.63, 3.8) is 0 Å². The highest BCUT2D eigenvalue weighted by atomic mass is 32.2. The molecule has 15 heavy (non-hydrogen) atoms. The molecule has 0 amide bonds. The van der Waals surface area contributed by atoms with E-state index >= 15 is 0 Å². The average molecular weight is 238 g/mol. The summed E-state index contributed by atoms with van der Waals surface area (Å²) in [5.41, 5.74) is 0. The minimum absolute atomic E-state index is 0.0409. The first-order chi connectivity index (χ1) is 7.02. The molecule has 0 aromatic rings. The second-order valence-electron chi connectivity index (χ2n) is 3.03. The van der Waals surface area contributed by atoms with Gasteiger partial charge in [0.15, 0.2) is 0 Å². The third-order valence-electron chi connectivity index (χ3n) is 1.41. The van der Waals surface area contributed by atoms with Crippen LogP contribution in [0.15, 0.2) is 12.7 Å². The van der Waals surface area contributed by atoms with Crippen LogP contribution in [0.2, 0.25) is 0 Å². The van der Waals surface area contributed by atoms with E-state index in [0.29, 0.717) is 6.42 Å². The molecule has 0 aliphatic carbocycles. The van der Waals surface area contributed by atoms with Gasteiger partial charge in [-0.15, -0.1) is 6.58 Å². The number of hydrogen-bond acceptors (Lipinski definition) is 5. The van der Waals surface area contributed by atoms with Crippen molar-refractivity contribution in [1.29, 1.82) is 0 Å². The van der Waals surface area contributed by atoms with Crippen molar-refractivity contribution >= 4 is 10.1 Å². The van der Waals surface area contributed by atoms with E-state index in [4.69, 9.17) is 4.74 Å². The first-order valence-electron chi connectivity index (χ1n) is 4.75. The Labute approximate surface area is 90.8 Å². The molecule has 0 saturated carbocycles. The van der Waals surface area contributed by atoms with Gasteiger partial charge in [-0.3, -0.25) is 4.18 Å². The van der Waals surface area contributed by atoms with E-state index in [1.54, 1.807) is 6.92 Å². The summed E-state index contributed by atoms with van der Waals surface area (Å²) < 4.78 is 31.8. The first-order valence-corrected chi connectivity index (χ1v) is 6.33. The number of hydrogen-bond donors (Lipinski definition) is 1. The Morgan fingerprint density at radius 1 is 1.53 bits per heavy atom. The van der Waals surface area contributed by atoms with Crippen molar-refractivity contribution < 1.29 is 22.4 Å². The van der Waals surface area contributed by atoms with Gasteiger partial charge in [0.25, 0.3) is 10.1 Å². The van der Waals surface area contributed by atoms with Gasteiger partial charge in [0, 0.05) is 0 Å². The van der Waals surface area contributed by atoms with E-state index in [-0.39, 0.29) is 19.8 Å². The molecule has 0 fully saturated rings. The van der Waals surface area contributed by atoms with Crippen LogP contribution >= 0.6 is 0 Å². The Hall–Kier alpha value is -0.430. The Morgan fingerprint density at radius 2 is 2.20 bits per heavy atom. The van der Waals surface area contributed by atoms with Crippen LogP contribution in [0.3, 0.4) is 0 Å². The molecule has 0 aliphatic heterocycles. The SMILES string of the molecule is C=CCOCC(O)CS(=O)(=O)OCCC. The van der Waals surface area contributed by atoms with Gasteiger partial charge in [-0.05, 0) is 6.42 Å². The molecule has 1 unspecified atom stereocenters. The number of ether oxygens (including phenoxy) is 1.